The number of morpholine rings is 1. The van der Waals surface area contributed by atoms with Crippen LogP contribution >= 0.6 is 0 Å². The summed E-state index contributed by atoms with van der Waals surface area (Å²) in [6, 6.07) is 12.4. The summed E-state index contributed by atoms with van der Waals surface area (Å²) in [5.41, 5.74) is 1.08. The molecule has 0 radical (unpaired) electrons. The molecule has 2 aromatic carbocycles. The van der Waals surface area contributed by atoms with Crippen molar-refractivity contribution in [2.24, 2.45) is 0 Å². The van der Waals surface area contributed by atoms with Gasteiger partial charge in [0.25, 0.3) is 0 Å². The van der Waals surface area contributed by atoms with E-state index >= 15 is 0 Å². The lowest BCUT2D eigenvalue weighted by molar-refractivity contribution is -0.138. The second kappa shape index (κ2) is 6.87. The molecule has 1 heterocycles. The number of carbonyl (C=O) groups is 1. The Balaban J connectivity index is 1.68. The quantitative estimate of drug-likeness (QED) is 0.870. The van der Waals surface area contributed by atoms with Crippen LogP contribution in [0.1, 0.15) is 17.2 Å². The van der Waals surface area contributed by atoms with Gasteiger partial charge in [0.15, 0.2) is 0 Å². The molecular formula is C18H17F2NO2. The Morgan fingerprint density at radius 3 is 2.78 bits per heavy atom. The predicted molar refractivity (Wildman–Crippen MR) is 81.8 cm³/mol. The fraction of sp³-hybridized carbons (Fsp3) is 0.278. The number of hydrogen-bond acceptors (Lipinski definition) is 2. The monoisotopic (exact) mass is 317 g/mol. The van der Waals surface area contributed by atoms with Crippen LogP contribution in [-0.2, 0) is 16.0 Å². The maximum Gasteiger partial charge on any atom is 0.227 e. The number of halogens is 2. The molecule has 120 valence electrons. The zero-order valence-electron chi connectivity index (χ0n) is 12.5. The highest BCUT2D eigenvalue weighted by atomic mass is 19.1. The van der Waals surface area contributed by atoms with E-state index in [-0.39, 0.29) is 24.0 Å². The average molecular weight is 317 g/mol. The van der Waals surface area contributed by atoms with Crippen molar-refractivity contribution in [3.63, 3.8) is 0 Å². The van der Waals surface area contributed by atoms with Crippen LogP contribution in [0.2, 0.25) is 0 Å². The molecule has 1 aliphatic heterocycles. The third kappa shape index (κ3) is 3.74. The van der Waals surface area contributed by atoms with Crippen LogP contribution in [0.4, 0.5) is 8.78 Å². The van der Waals surface area contributed by atoms with E-state index in [0.29, 0.717) is 30.8 Å². The number of hydrogen-bond donors (Lipinski definition) is 0. The molecule has 3 rings (SSSR count). The van der Waals surface area contributed by atoms with Crippen molar-refractivity contribution in [2.75, 3.05) is 19.7 Å². The van der Waals surface area contributed by atoms with Crippen molar-refractivity contribution in [2.45, 2.75) is 12.5 Å². The highest BCUT2D eigenvalue weighted by molar-refractivity contribution is 5.78. The third-order valence-electron chi connectivity index (χ3n) is 3.92. The van der Waals surface area contributed by atoms with Gasteiger partial charge < -0.3 is 9.64 Å². The molecule has 1 aliphatic rings. The van der Waals surface area contributed by atoms with Gasteiger partial charge >= 0.3 is 0 Å². The normalized spacial score (nSPS) is 18.0. The summed E-state index contributed by atoms with van der Waals surface area (Å²) in [7, 11) is 0. The summed E-state index contributed by atoms with van der Waals surface area (Å²) in [5.74, 6) is -0.807. The molecule has 1 saturated heterocycles. The molecule has 0 N–H and O–H groups in total. The Hall–Kier alpha value is -2.27. The largest absolute Gasteiger partial charge is 0.370 e. The molecule has 0 spiro atoms. The van der Waals surface area contributed by atoms with Crippen molar-refractivity contribution in [1.82, 2.24) is 4.90 Å². The molecular weight excluding hydrogens is 300 g/mol. The molecule has 3 nitrogen and oxygen atoms in total. The third-order valence-corrected chi connectivity index (χ3v) is 3.92. The van der Waals surface area contributed by atoms with Gasteiger partial charge in [-0.3, -0.25) is 4.79 Å². The predicted octanol–water partition coefficient (Wildman–Crippen LogP) is 3.11. The topological polar surface area (TPSA) is 29.5 Å². The number of rotatable bonds is 3. The molecule has 0 aromatic heterocycles. The Labute approximate surface area is 133 Å². The van der Waals surface area contributed by atoms with Crippen LogP contribution in [0.5, 0.6) is 0 Å². The highest BCUT2D eigenvalue weighted by Crippen LogP contribution is 2.24. The zero-order chi connectivity index (χ0) is 16.2. The molecule has 0 saturated carbocycles. The van der Waals surface area contributed by atoms with Crippen LogP contribution in [0, 0.1) is 11.6 Å². The first kappa shape index (κ1) is 15.6. The van der Waals surface area contributed by atoms with Crippen molar-refractivity contribution in [1.29, 1.82) is 0 Å². The van der Waals surface area contributed by atoms with E-state index in [1.54, 1.807) is 35.2 Å². The first-order valence-corrected chi connectivity index (χ1v) is 7.52. The number of benzene rings is 2. The molecule has 1 atom stereocenters. The van der Waals surface area contributed by atoms with E-state index in [2.05, 4.69) is 0 Å². The summed E-state index contributed by atoms with van der Waals surface area (Å²) in [6.45, 7) is 1.11. The lowest BCUT2D eigenvalue weighted by atomic mass is 10.1. The lowest BCUT2D eigenvalue weighted by Gasteiger charge is -2.33. The van der Waals surface area contributed by atoms with E-state index < -0.39 is 6.10 Å². The minimum atomic E-state index is -0.471. The first-order chi connectivity index (χ1) is 11.1. The zero-order valence-corrected chi connectivity index (χ0v) is 12.5. The van der Waals surface area contributed by atoms with Crippen LogP contribution in [0.3, 0.4) is 0 Å². The summed E-state index contributed by atoms with van der Waals surface area (Å²) in [5, 5.41) is 0. The second-order valence-corrected chi connectivity index (χ2v) is 5.53. The molecule has 0 bridgehead atoms. The highest BCUT2D eigenvalue weighted by Gasteiger charge is 2.27. The van der Waals surface area contributed by atoms with Gasteiger partial charge in [0.05, 0.1) is 19.6 Å². The van der Waals surface area contributed by atoms with Gasteiger partial charge in [-0.2, -0.15) is 0 Å². The molecule has 1 unspecified atom stereocenters. The van der Waals surface area contributed by atoms with Crippen LogP contribution < -0.4 is 0 Å². The maximum absolute atomic E-state index is 13.9. The Kier molecular flexibility index (Phi) is 4.67. The standard InChI is InChI=1S/C18H17F2NO2/c19-14-5-3-4-13(10-14)11-18(22)21-8-9-23-17(12-21)15-6-1-2-7-16(15)20/h1-7,10,17H,8-9,11-12H2. The molecule has 0 aliphatic carbocycles. The number of carbonyl (C=O) groups excluding carboxylic acids is 1. The first-order valence-electron chi connectivity index (χ1n) is 7.52. The number of amides is 1. The smallest absolute Gasteiger partial charge is 0.227 e. The number of nitrogens with zero attached hydrogens (tertiary/aromatic N) is 1. The Morgan fingerprint density at radius 2 is 2.00 bits per heavy atom. The van der Waals surface area contributed by atoms with E-state index in [4.69, 9.17) is 4.74 Å². The molecule has 23 heavy (non-hydrogen) atoms. The average Bonchev–Trinajstić information content (AvgIpc) is 2.55. The fourth-order valence-corrected chi connectivity index (χ4v) is 2.73. The van der Waals surface area contributed by atoms with Crippen LogP contribution in [0.25, 0.3) is 0 Å². The van der Waals surface area contributed by atoms with E-state index in [1.165, 1.54) is 18.2 Å². The van der Waals surface area contributed by atoms with E-state index in [9.17, 15) is 13.6 Å². The van der Waals surface area contributed by atoms with Gasteiger partial charge in [0.2, 0.25) is 5.91 Å². The summed E-state index contributed by atoms with van der Waals surface area (Å²) in [4.78, 5) is 14.0. The van der Waals surface area contributed by atoms with Crippen LogP contribution in [-0.4, -0.2) is 30.5 Å². The Bertz CT molecular complexity index is 705. The van der Waals surface area contributed by atoms with Crippen molar-refractivity contribution >= 4 is 5.91 Å². The van der Waals surface area contributed by atoms with Gasteiger partial charge in [-0.05, 0) is 23.8 Å². The van der Waals surface area contributed by atoms with Gasteiger partial charge in [-0.15, -0.1) is 0 Å². The van der Waals surface area contributed by atoms with Crippen molar-refractivity contribution in [3.05, 3.63) is 71.3 Å². The summed E-state index contributed by atoms with van der Waals surface area (Å²) < 4.78 is 32.7. The SMILES string of the molecule is O=C(Cc1cccc(F)c1)N1CCOC(c2ccccc2F)C1. The van der Waals surface area contributed by atoms with Gasteiger partial charge in [-0.1, -0.05) is 30.3 Å². The molecule has 1 fully saturated rings. The van der Waals surface area contributed by atoms with Crippen molar-refractivity contribution in [3.8, 4) is 0 Å². The van der Waals surface area contributed by atoms with Gasteiger partial charge in [0.1, 0.15) is 17.7 Å². The maximum atomic E-state index is 13.9. The Morgan fingerprint density at radius 1 is 1.17 bits per heavy atom. The minimum Gasteiger partial charge on any atom is -0.370 e. The number of ether oxygens (including phenoxy) is 1. The van der Waals surface area contributed by atoms with Crippen LogP contribution in [0.15, 0.2) is 48.5 Å². The van der Waals surface area contributed by atoms with E-state index in [1.807, 2.05) is 0 Å². The molecule has 2 aromatic rings. The molecule has 1 amide bonds. The fourth-order valence-electron chi connectivity index (χ4n) is 2.73. The second-order valence-electron chi connectivity index (χ2n) is 5.53. The minimum absolute atomic E-state index is 0.111. The lowest BCUT2D eigenvalue weighted by Crippen LogP contribution is -2.43. The van der Waals surface area contributed by atoms with Crippen molar-refractivity contribution < 1.29 is 18.3 Å². The molecule has 5 heteroatoms. The van der Waals surface area contributed by atoms with Gasteiger partial charge in [-0.25, -0.2) is 8.78 Å². The van der Waals surface area contributed by atoms with Gasteiger partial charge in [0, 0.05) is 12.1 Å². The summed E-state index contributed by atoms with van der Waals surface area (Å²) in [6.07, 6.45) is -0.344. The van der Waals surface area contributed by atoms with E-state index in [0.717, 1.165) is 0 Å². The summed E-state index contributed by atoms with van der Waals surface area (Å²) >= 11 is 0.